The molecule has 0 radical (unpaired) electrons. The van der Waals surface area contributed by atoms with Crippen molar-refractivity contribution in [3.8, 4) is 11.5 Å². The Morgan fingerprint density at radius 1 is 1.07 bits per heavy atom. The molecule has 6 heterocycles. The Bertz CT molecular complexity index is 1930. The third kappa shape index (κ3) is 5.41. The molecular weight excluding hydrogens is 674 g/mol. The van der Waals surface area contributed by atoms with Gasteiger partial charge in [-0.2, -0.15) is 0 Å². The summed E-state index contributed by atoms with van der Waals surface area (Å²) in [5, 5.41) is 3.54. The van der Waals surface area contributed by atoms with E-state index >= 15 is 0 Å². The van der Waals surface area contributed by atoms with Crippen molar-refractivity contribution in [2.45, 2.75) is 35.8 Å². The lowest BCUT2D eigenvalue weighted by Crippen LogP contribution is -2.49. The molecule has 2 unspecified atom stereocenters. The molecule has 0 saturated carbocycles. The number of aromatic nitrogens is 3. The second-order valence-corrected chi connectivity index (χ2v) is 13.8. The van der Waals surface area contributed by atoms with Gasteiger partial charge >= 0.3 is 0 Å². The van der Waals surface area contributed by atoms with Crippen LogP contribution in [0.5, 0.6) is 11.5 Å². The number of benzene rings is 1. The van der Waals surface area contributed by atoms with E-state index in [0.717, 1.165) is 30.1 Å². The number of sulfone groups is 1. The van der Waals surface area contributed by atoms with E-state index in [9.17, 15) is 22.0 Å². The molecule has 4 aromatic rings. The van der Waals surface area contributed by atoms with Gasteiger partial charge in [0, 0.05) is 36.2 Å². The zero-order valence-corrected chi connectivity index (χ0v) is 26.2. The Balaban J connectivity index is 1.10. The molecule has 1 fully saturated rings. The van der Waals surface area contributed by atoms with Crippen molar-refractivity contribution in [1.82, 2.24) is 20.3 Å². The number of nitrogens with one attached hydrogen (secondary N) is 1. The standard InChI is InChI=1S/C30H27BrF2N6O5S/c31-22-9-18(10-25-28(22)44-7-4-26(33)45(25,41)42)30(40)36-15-19-11-23-17(14-34-19)1-2-27(37-23)39-6-8-43-24-12-21(16-35-29(24)39)38-5-3-20(38)13-32/h1-2,9-12,14,16,20,26H,3-8,13,15H2,(H,36,40). The van der Waals surface area contributed by atoms with E-state index in [1.54, 1.807) is 18.5 Å². The van der Waals surface area contributed by atoms with Crippen LogP contribution in [0.25, 0.3) is 10.9 Å². The minimum atomic E-state index is -4.32. The molecule has 1 N–H and O–H groups in total. The summed E-state index contributed by atoms with van der Waals surface area (Å²) in [7, 11) is -4.32. The number of anilines is 3. The molecule has 11 nitrogen and oxygen atoms in total. The van der Waals surface area contributed by atoms with Gasteiger partial charge in [-0.15, -0.1) is 0 Å². The Morgan fingerprint density at radius 2 is 1.93 bits per heavy atom. The van der Waals surface area contributed by atoms with E-state index in [2.05, 4.69) is 31.2 Å². The van der Waals surface area contributed by atoms with Crippen molar-refractivity contribution < 1.29 is 31.5 Å². The van der Waals surface area contributed by atoms with Crippen molar-refractivity contribution >= 4 is 59.9 Å². The molecule has 45 heavy (non-hydrogen) atoms. The number of pyridine rings is 3. The van der Waals surface area contributed by atoms with Crippen LogP contribution in [0.2, 0.25) is 0 Å². The Morgan fingerprint density at radius 3 is 2.73 bits per heavy atom. The van der Waals surface area contributed by atoms with Gasteiger partial charge in [0.05, 0.1) is 53.3 Å². The van der Waals surface area contributed by atoms with Gasteiger partial charge in [0.25, 0.3) is 5.91 Å². The van der Waals surface area contributed by atoms with Crippen LogP contribution in [0.1, 0.15) is 28.9 Å². The molecule has 1 amide bonds. The average molecular weight is 702 g/mol. The van der Waals surface area contributed by atoms with E-state index in [4.69, 9.17) is 14.5 Å². The lowest BCUT2D eigenvalue weighted by Gasteiger charge is -2.41. The van der Waals surface area contributed by atoms with Crippen molar-refractivity contribution in [1.29, 1.82) is 0 Å². The largest absolute Gasteiger partial charge is 0.491 e. The fourth-order valence-electron chi connectivity index (χ4n) is 5.57. The van der Waals surface area contributed by atoms with Crippen LogP contribution in [-0.4, -0.2) is 73.8 Å². The van der Waals surface area contributed by atoms with E-state index in [-0.39, 0.29) is 46.3 Å². The lowest BCUT2D eigenvalue weighted by atomic mass is 10.0. The summed E-state index contributed by atoms with van der Waals surface area (Å²) in [6, 6.07) is 9.87. The number of amides is 1. The van der Waals surface area contributed by atoms with Gasteiger partial charge in [0.15, 0.2) is 17.3 Å². The minimum Gasteiger partial charge on any atom is -0.491 e. The van der Waals surface area contributed by atoms with Crippen LogP contribution in [0.15, 0.2) is 58.2 Å². The summed E-state index contributed by atoms with van der Waals surface area (Å²) in [6.07, 6.45) is 3.90. The summed E-state index contributed by atoms with van der Waals surface area (Å²) < 4.78 is 64.6. The quantitative estimate of drug-likeness (QED) is 0.304. The van der Waals surface area contributed by atoms with Gasteiger partial charge < -0.3 is 24.6 Å². The van der Waals surface area contributed by atoms with Gasteiger partial charge in [-0.1, -0.05) is 0 Å². The van der Waals surface area contributed by atoms with Crippen LogP contribution in [0.4, 0.5) is 26.1 Å². The van der Waals surface area contributed by atoms with Gasteiger partial charge in [0.1, 0.15) is 24.0 Å². The van der Waals surface area contributed by atoms with Crippen molar-refractivity contribution in [3.05, 3.63) is 64.5 Å². The number of hydrogen-bond donors (Lipinski definition) is 1. The number of nitrogens with zero attached hydrogens (tertiary/aromatic N) is 5. The molecule has 3 aliphatic heterocycles. The summed E-state index contributed by atoms with van der Waals surface area (Å²) in [6.45, 7) is 1.27. The molecule has 234 valence electrons. The molecule has 0 aliphatic carbocycles. The molecule has 1 aromatic carbocycles. The van der Waals surface area contributed by atoms with Crippen molar-refractivity contribution in [2.24, 2.45) is 0 Å². The normalized spacial score (nSPS) is 20.2. The van der Waals surface area contributed by atoms with Gasteiger partial charge in [-0.3, -0.25) is 9.78 Å². The minimum absolute atomic E-state index is 0.00936. The number of halogens is 3. The molecular formula is C30H27BrF2N6O5S. The third-order valence-corrected chi connectivity index (χ3v) is 10.5. The highest BCUT2D eigenvalue weighted by atomic mass is 79.9. The Hall–Kier alpha value is -4.11. The van der Waals surface area contributed by atoms with E-state index in [1.807, 2.05) is 28.0 Å². The van der Waals surface area contributed by atoms with E-state index in [1.165, 1.54) is 6.07 Å². The highest BCUT2D eigenvalue weighted by molar-refractivity contribution is 9.10. The van der Waals surface area contributed by atoms with E-state index < -0.39 is 27.9 Å². The number of hydrogen-bond acceptors (Lipinski definition) is 10. The van der Waals surface area contributed by atoms with Gasteiger partial charge in [-0.05, 0) is 52.7 Å². The first kappa shape index (κ1) is 29.6. The smallest absolute Gasteiger partial charge is 0.251 e. The zero-order valence-electron chi connectivity index (χ0n) is 23.7. The SMILES string of the molecule is O=C(NCc1cc2nc(N3CCOc4cc(N5CCC5CF)cnc43)ccc2cn1)c1cc(Br)c2c(c1)S(=O)(=O)C(F)CCO2. The average Bonchev–Trinajstić information content (AvgIpc) is 3.13. The molecule has 7 rings (SSSR count). The number of fused-ring (bicyclic) bond motifs is 3. The Kier molecular flexibility index (Phi) is 7.68. The summed E-state index contributed by atoms with van der Waals surface area (Å²) >= 11 is 3.26. The fraction of sp³-hybridized carbons (Fsp3) is 0.333. The van der Waals surface area contributed by atoms with E-state index in [0.29, 0.717) is 41.7 Å². The van der Waals surface area contributed by atoms with Gasteiger partial charge in [0.2, 0.25) is 15.3 Å². The second-order valence-electron chi connectivity index (χ2n) is 10.9. The first-order chi connectivity index (χ1) is 21.7. The van der Waals surface area contributed by atoms with Crippen LogP contribution in [-0.2, 0) is 16.4 Å². The highest BCUT2D eigenvalue weighted by Gasteiger charge is 2.35. The van der Waals surface area contributed by atoms with Crippen LogP contribution >= 0.6 is 15.9 Å². The van der Waals surface area contributed by atoms with Crippen molar-refractivity contribution in [3.63, 3.8) is 0 Å². The molecule has 0 spiro atoms. The van der Waals surface area contributed by atoms with Crippen LogP contribution < -0.4 is 24.6 Å². The summed E-state index contributed by atoms with van der Waals surface area (Å²) in [5.74, 6) is 1.31. The first-order valence-electron chi connectivity index (χ1n) is 14.3. The number of carbonyl (C=O) groups excluding carboxylic acids is 1. The molecule has 1 saturated heterocycles. The maximum atomic E-state index is 14.3. The molecule has 2 atom stereocenters. The molecule has 15 heteroatoms. The lowest BCUT2D eigenvalue weighted by molar-refractivity contribution is 0.0950. The third-order valence-electron chi connectivity index (χ3n) is 8.13. The number of ether oxygens (including phenoxy) is 2. The van der Waals surface area contributed by atoms with Gasteiger partial charge in [-0.25, -0.2) is 27.2 Å². The zero-order chi connectivity index (χ0) is 31.3. The second kappa shape index (κ2) is 11.7. The van der Waals surface area contributed by atoms with Crippen LogP contribution in [0, 0.1) is 0 Å². The van der Waals surface area contributed by atoms with Crippen molar-refractivity contribution in [2.75, 3.05) is 42.8 Å². The summed E-state index contributed by atoms with van der Waals surface area (Å²) in [4.78, 5) is 30.5. The number of alkyl halides is 2. The topological polar surface area (TPSA) is 127 Å². The highest BCUT2D eigenvalue weighted by Crippen LogP contribution is 2.40. The molecule has 0 bridgehead atoms. The molecule has 3 aliphatic rings. The Labute approximate surface area is 265 Å². The number of rotatable bonds is 6. The predicted octanol–water partition coefficient (Wildman–Crippen LogP) is 4.65. The monoisotopic (exact) mass is 700 g/mol. The number of carbonyl (C=O) groups is 1. The van der Waals surface area contributed by atoms with Crippen LogP contribution in [0.3, 0.4) is 0 Å². The summed E-state index contributed by atoms with van der Waals surface area (Å²) in [5.41, 5.74) is -0.0977. The fourth-order valence-corrected chi connectivity index (χ4v) is 7.68. The predicted molar refractivity (Wildman–Crippen MR) is 166 cm³/mol. The maximum absolute atomic E-state index is 14.3. The maximum Gasteiger partial charge on any atom is 0.251 e. The first-order valence-corrected chi connectivity index (χ1v) is 16.7. The molecule has 3 aromatic heterocycles.